The Morgan fingerprint density at radius 1 is 1.09 bits per heavy atom. The largest absolute Gasteiger partial charge is 0.454 e. The number of rotatable bonds is 5. The summed E-state index contributed by atoms with van der Waals surface area (Å²) >= 11 is 0. The summed E-state index contributed by atoms with van der Waals surface area (Å²) in [4.78, 5) is 13.0. The second kappa shape index (κ2) is 7.97. The van der Waals surface area contributed by atoms with Gasteiger partial charge in [0.15, 0.2) is 11.5 Å². The number of carbonyl (C=O) groups excluding carboxylic acids is 1. The maximum atomic E-state index is 13.0. The molecule has 32 heavy (non-hydrogen) atoms. The summed E-state index contributed by atoms with van der Waals surface area (Å²) in [5, 5.41) is 3.11. The smallest absolute Gasteiger partial charge is 0.251 e. The molecule has 5 rings (SSSR count). The Labute approximate surface area is 187 Å². The Bertz CT molecular complexity index is 1160. The van der Waals surface area contributed by atoms with Crippen LogP contribution in [0.5, 0.6) is 11.5 Å². The van der Waals surface area contributed by atoms with E-state index in [-0.39, 0.29) is 18.1 Å². The molecule has 0 spiro atoms. The minimum Gasteiger partial charge on any atom is -0.454 e. The van der Waals surface area contributed by atoms with E-state index in [1.54, 1.807) is 18.2 Å². The first-order valence-corrected chi connectivity index (χ1v) is 12.6. The van der Waals surface area contributed by atoms with E-state index >= 15 is 0 Å². The molecule has 0 atom stereocenters. The van der Waals surface area contributed by atoms with Crippen molar-refractivity contribution in [3.05, 3.63) is 53.1 Å². The number of nitrogens with zero attached hydrogens (tertiary/aromatic N) is 1. The van der Waals surface area contributed by atoms with Crippen molar-refractivity contribution in [1.29, 1.82) is 0 Å². The summed E-state index contributed by atoms with van der Waals surface area (Å²) in [6.07, 6.45) is 3.38. The number of carbonyl (C=O) groups is 1. The molecule has 1 saturated heterocycles. The topological polar surface area (TPSA) is 94.2 Å². The van der Waals surface area contributed by atoms with Gasteiger partial charge in [0.05, 0.1) is 11.9 Å². The predicted octanol–water partition coefficient (Wildman–Crippen LogP) is 2.22. The molecule has 0 saturated carbocycles. The van der Waals surface area contributed by atoms with Crippen LogP contribution in [0.1, 0.15) is 34.3 Å². The lowest BCUT2D eigenvalue weighted by Gasteiger charge is -2.38. The van der Waals surface area contributed by atoms with Gasteiger partial charge >= 0.3 is 0 Å². The van der Waals surface area contributed by atoms with Gasteiger partial charge in [-0.1, -0.05) is 6.07 Å². The highest BCUT2D eigenvalue weighted by Gasteiger charge is 2.36. The molecule has 3 heterocycles. The van der Waals surface area contributed by atoms with Crippen LogP contribution in [0.3, 0.4) is 0 Å². The van der Waals surface area contributed by atoms with Crippen molar-refractivity contribution in [3.8, 4) is 11.5 Å². The zero-order valence-electron chi connectivity index (χ0n) is 17.9. The molecule has 170 valence electrons. The van der Waals surface area contributed by atoms with E-state index in [9.17, 15) is 13.2 Å². The average Bonchev–Trinajstić information content (AvgIpc) is 3.43. The lowest BCUT2D eigenvalue weighted by Crippen LogP contribution is -2.44. The highest BCUT2D eigenvalue weighted by molar-refractivity contribution is 7.92. The first kappa shape index (κ1) is 21.1. The molecular weight excluding hydrogens is 432 g/mol. The number of nitrogens with one attached hydrogen (secondary N) is 1. The van der Waals surface area contributed by atoms with Gasteiger partial charge in [-0.05, 0) is 60.7 Å². The molecule has 3 aliphatic rings. The van der Waals surface area contributed by atoms with Crippen LogP contribution >= 0.6 is 0 Å². The Kier molecular flexibility index (Phi) is 5.25. The molecule has 0 radical (unpaired) electrons. The van der Waals surface area contributed by atoms with Gasteiger partial charge < -0.3 is 19.5 Å². The van der Waals surface area contributed by atoms with E-state index in [0.29, 0.717) is 44.0 Å². The Morgan fingerprint density at radius 3 is 2.66 bits per heavy atom. The second-order valence-corrected chi connectivity index (χ2v) is 10.5. The van der Waals surface area contributed by atoms with E-state index in [2.05, 4.69) is 5.32 Å². The van der Waals surface area contributed by atoms with Crippen molar-refractivity contribution < 1.29 is 27.4 Å². The van der Waals surface area contributed by atoms with Crippen molar-refractivity contribution in [2.45, 2.75) is 24.7 Å². The zero-order chi connectivity index (χ0) is 22.3. The maximum absolute atomic E-state index is 13.0. The third kappa shape index (κ3) is 3.80. The third-order valence-electron chi connectivity index (χ3n) is 6.62. The fraction of sp³-hybridized carbons (Fsp3) is 0.435. The van der Waals surface area contributed by atoms with Crippen LogP contribution in [0.25, 0.3) is 0 Å². The molecule has 2 aromatic carbocycles. The van der Waals surface area contributed by atoms with Gasteiger partial charge in [0, 0.05) is 37.3 Å². The standard InChI is InChI=1S/C23H26N2O6S/c1-32(27,28)25-9-6-16-12-17(2-4-19(16)25)22(26)24-14-23(7-10-29-11-8-23)18-3-5-20-21(13-18)31-15-30-20/h2-5,12-13H,6-11,14-15H2,1H3,(H,24,26). The van der Waals surface area contributed by atoms with Crippen molar-refractivity contribution >= 4 is 21.6 Å². The molecule has 1 fully saturated rings. The molecule has 0 bridgehead atoms. The van der Waals surface area contributed by atoms with Gasteiger partial charge in [-0.25, -0.2) is 8.42 Å². The minimum atomic E-state index is -3.32. The quantitative estimate of drug-likeness (QED) is 0.739. The average molecular weight is 459 g/mol. The molecule has 3 aliphatic heterocycles. The monoisotopic (exact) mass is 458 g/mol. The summed E-state index contributed by atoms with van der Waals surface area (Å²) < 4.78 is 41.9. The molecule has 1 amide bonds. The Balaban J connectivity index is 1.35. The normalized spacial score (nSPS) is 19.0. The summed E-state index contributed by atoms with van der Waals surface area (Å²) in [7, 11) is -3.32. The van der Waals surface area contributed by atoms with Crippen LogP contribution in [-0.2, 0) is 26.6 Å². The van der Waals surface area contributed by atoms with Gasteiger partial charge in [-0.3, -0.25) is 9.10 Å². The molecule has 0 aromatic heterocycles. The fourth-order valence-corrected chi connectivity index (χ4v) is 5.72. The first-order valence-electron chi connectivity index (χ1n) is 10.7. The Hall–Kier alpha value is -2.78. The van der Waals surface area contributed by atoms with Crippen LogP contribution in [-0.4, -0.2) is 53.7 Å². The second-order valence-electron chi connectivity index (χ2n) is 8.57. The molecule has 9 heteroatoms. The van der Waals surface area contributed by atoms with E-state index in [1.807, 2.05) is 18.2 Å². The molecule has 1 N–H and O–H groups in total. The SMILES string of the molecule is CS(=O)(=O)N1CCc2cc(C(=O)NCC3(c4ccc5c(c4)OCO5)CCOCC3)ccc21. The van der Waals surface area contributed by atoms with Crippen molar-refractivity contribution in [2.24, 2.45) is 0 Å². The van der Waals surface area contributed by atoms with Crippen LogP contribution in [0.4, 0.5) is 5.69 Å². The first-order chi connectivity index (χ1) is 15.4. The van der Waals surface area contributed by atoms with Crippen LogP contribution in [0.2, 0.25) is 0 Å². The number of hydrogen-bond donors (Lipinski definition) is 1. The number of ether oxygens (including phenoxy) is 3. The van der Waals surface area contributed by atoms with Gasteiger partial charge in [-0.15, -0.1) is 0 Å². The number of benzene rings is 2. The molecule has 0 unspecified atom stereocenters. The zero-order valence-corrected chi connectivity index (χ0v) is 18.7. The maximum Gasteiger partial charge on any atom is 0.251 e. The van der Waals surface area contributed by atoms with Crippen LogP contribution in [0.15, 0.2) is 36.4 Å². The van der Waals surface area contributed by atoms with Crippen molar-refractivity contribution in [3.63, 3.8) is 0 Å². The van der Waals surface area contributed by atoms with Gasteiger partial charge in [0.2, 0.25) is 16.8 Å². The molecule has 2 aromatic rings. The van der Waals surface area contributed by atoms with Crippen LogP contribution < -0.4 is 19.1 Å². The van der Waals surface area contributed by atoms with E-state index < -0.39 is 10.0 Å². The molecule has 8 nitrogen and oxygen atoms in total. The summed E-state index contributed by atoms with van der Waals surface area (Å²) in [6.45, 7) is 2.36. The molecular formula is C23H26N2O6S. The van der Waals surface area contributed by atoms with Crippen molar-refractivity contribution in [1.82, 2.24) is 5.32 Å². The summed E-state index contributed by atoms with van der Waals surface area (Å²) in [5.41, 5.74) is 2.92. The lowest BCUT2D eigenvalue weighted by molar-refractivity contribution is 0.0486. The predicted molar refractivity (Wildman–Crippen MR) is 119 cm³/mol. The number of sulfonamides is 1. The van der Waals surface area contributed by atoms with Gasteiger partial charge in [0.1, 0.15) is 0 Å². The van der Waals surface area contributed by atoms with E-state index in [1.165, 1.54) is 10.6 Å². The number of amides is 1. The van der Waals surface area contributed by atoms with Crippen molar-refractivity contribution in [2.75, 3.05) is 43.7 Å². The van der Waals surface area contributed by atoms with Gasteiger partial charge in [0.25, 0.3) is 5.91 Å². The highest BCUT2D eigenvalue weighted by Crippen LogP contribution is 2.40. The highest BCUT2D eigenvalue weighted by atomic mass is 32.2. The minimum absolute atomic E-state index is 0.169. The summed E-state index contributed by atoms with van der Waals surface area (Å²) in [6, 6.07) is 11.2. The summed E-state index contributed by atoms with van der Waals surface area (Å²) in [5.74, 6) is 1.30. The Morgan fingerprint density at radius 2 is 1.88 bits per heavy atom. The van der Waals surface area contributed by atoms with Crippen LogP contribution in [0, 0.1) is 0 Å². The number of anilines is 1. The van der Waals surface area contributed by atoms with E-state index in [0.717, 1.165) is 35.5 Å². The van der Waals surface area contributed by atoms with E-state index in [4.69, 9.17) is 14.2 Å². The number of hydrogen-bond acceptors (Lipinski definition) is 6. The third-order valence-corrected chi connectivity index (χ3v) is 7.80. The number of fused-ring (bicyclic) bond motifs is 2. The lowest BCUT2D eigenvalue weighted by atomic mass is 9.74. The fourth-order valence-electron chi connectivity index (χ4n) is 4.76. The molecule has 0 aliphatic carbocycles. The van der Waals surface area contributed by atoms with Gasteiger partial charge in [-0.2, -0.15) is 0 Å².